The fourth-order valence-corrected chi connectivity index (χ4v) is 3.18. The van der Waals surface area contributed by atoms with Gasteiger partial charge in [0.2, 0.25) is 0 Å². The van der Waals surface area contributed by atoms with Crippen LogP contribution >= 0.6 is 15.9 Å². The third-order valence-corrected chi connectivity index (χ3v) is 4.12. The van der Waals surface area contributed by atoms with Crippen molar-refractivity contribution in [2.75, 3.05) is 0 Å². The van der Waals surface area contributed by atoms with Gasteiger partial charge in [-0.1, -0.05) is 31.5 Å². The summed E-state index contributed by atoms with van der Waals surface area (Å²) < 4.78 is 0.527. The SMILES string of the molecule is Cc1cc(C)c(-c2nc(C(C)C)c(Br)c(=O)[nH]2)c(C)c1. The fraction of sp³-hybridized carbons (Fsp3) is 0.375. The zero-order valence-corrected chi connectivity index (χ0v) is 14.1. The van der Waals surface area contributed by atoms with E-state index < -0.39 is 0 Å². The van der Waals surface area contributed by atoms with Crippen molar-refractivity contribution in [2.24, 2.45) is 0 Å². The lowest BCUT2D eigenvalue weighted by Gasteiger charge is -2.13. The summed E-state index contributed by atoms with van der Waals surface area (Å²) in [5.74, 6) is 0.841. The molecule has 1 aromatic heterocycles. The van der Waals surface area contributed by atoms with Gasteiger partial charge in [0.25, 0.3) is 5.56 Å². The van der Waals surface area contributed by atoms with Crippen LogP contribution in [-0.4, -0.2) is 9.97 Å². The quantitative estimate of drug-likeness (QED) is 0.892. The Morgan fingerprint density at radius 1 is 1.15 bits per heavy atom. The molecule has 0 unspecified atom stereocenters. The summed E-state index contributed by atoms with van der Waals surface area (Å²) >= 11 is 3.33. The summed E-state index contributed by atoms with van der Waals surface area (Å²) in [5, 5.41) is 0. The van der Waals surface area contributed by atoms with E-state index in [1.54, 1.807) is 0 Å². The van der Waals surface area contributed by atoms with E-state index in [2.05, 4.69) is 45.0 Å². The lowest BCUT2D eigenvalue weighted by atomic mass is 9.99. The first kappa shape index (κ1) is 15.0. The smallest absolute Gasteiger partial charge is 0.265 e. The number of H-pyrrole nitrogens is 1. The molecule has 2 aromatic rings. The van der Waals surface area contributed by atoms with E-state index in [1.807, 2.05) is 27.7 Å². The van der Waals surface area contributed by atoms with Crippen LogP contribution in [-0.2, 0) is 0 Å². The molecule has 0 aliphatic rings. The molecular weight excluding hydrogens is 316 g/mol. The number of nitrogens with one attached hydrogen (secondary N) is 1. The fourth-order valence-electron chi connectivity index (χ4n) is 2.53. The number of aryl methyl sites for hydroxylation is 3. The first-order chi connectivity index (χ1) is 9.31. The van der Waals surface area contributed by atoms with Crippen LogP contribution in [0, 0.1) is 20.8 Å². The summed E-state index contributed by atoms with van der Waals surface area (Å²) in [6.45, 7) is 10.2. The number of rotatable bonds is 2. The lowest BCUT2D eigenvalue weighted by molar-refractivity contribution is 0.803. The molecule has 0 aliphatic carbocycles. The van der Waals surface area contributed by atoms with Gasteiger partial charge in [0.05, 0.1) is 5.69 Å². The second kappa shape index (κ2) is 5.52. The van der Waals surface area contributed by atoms with E-state index in [-0.39, 0.29) is 11.5 Å². The van der Waals surface area contributed by atoms with Crippen LogP contribution in [0.2, 0.25) is 0 Å². The van der Waals surface area contributed by atoms with Crippen LogP contribution in [0.1, 0.15) is 42.1 Å². The van der Waals surface area contributed by atoms with E-state index in [0.717, 1.165) is 22.4 Å². The van der Waals surface area contributed by atoms with E-state index in [0.29, 0.717) is 10.3 Å². The highest BCUT2D eigenvalue weighted by Crippen LogP contribution is 2.27. The molecule has 0 radical (unpaired) electrons. The Morgan fingerprint density at radius 2 is 1.70 bits per heavy atom. The van der Waals surface area contributed by atoms with Gasteiger partial charge < -0.3 is 4.98 Å². The average Bonchev–Trinajstić information content (AvgIpc) is 2.31. The molecule has 0 aliphatic heterocycles. The second-order valence-corrected chi connectivity index (χ2v) is 6.34. The van der Waals surface area contributed by atoms with Crippen molar-refractivity contribution in [1.29, 1.82) is 0 Å². The third-order valence-electron chi connectivity index (χ3n) is 3.35. The predicted molar refractivity (Wildman–Crippen MR) is 86.3 cm³/mol. The Labute approximate surface area is 127 Å². The van der Waals surface area contributed by atoms with Gasteiger partial charge >= 0.3 is 0 Å². The van der Waals surface area contributed by atoms with Gasteiger partial charge in [-0.3, -0.25) is 4.79 Å². The second-order valence-electron chi connectivity index (χ2n) is 5.54. The number of aromatic amines is 1. The van der Waals surface area contributed by atoms with Crippen LogP contribution in [0.15, 0.2) is 21.4 Å². The number of halogens is 1. The maximum atomic E-state index is 12.1. The highest BCUT2D eigenvalue weighted by Gasteiger charge is 2.15. The van der Waals surface area contributed by atoms with Crippen LogP contribution in [0.5, 0.6) is 0 Å². The van der Waals surface area contributed by atoms with E-state index in [9.17, 15) is 4.79 Å². The molecule has 0 spiro atoms. The molecule has 1 heterocycles. The highest BCUT2D eigenvalue weighted by molar-refractivity contribution is 9.10. The largest absolute Gasteiger partial charge is 0.306 e. The van der Waals surface area contributed by atoms with Gasteiger partial charge in [-0.15, -0.1) is 0 Å². The van der Waals surface area contributed by atoms with Crippen molar-refractivity contribution < 1.29 is 0 Å². The molecule has 2 rings (SSSR count). The Bertz CT molecular complexity index is 694. The average molecular weight is 335 g/mol. The van der Waals surface area contributed by atoms with Crippen LogP contribution < -0.4 is 5.56 Å². The molecule has 20 heavy (non-hydrogen) atoms. The number of hydrogen-bond donors (Lipinski definition) is 1. The molecule has 0 saturated carbocycles. The molecule has 0 saturated heterocycles. The Hall–Kier alpha value is -1.42. The number of aromatic nitrogens is 2. The number of benzene rings is 1. The van der Waals surface area contributed by atoms with Gasteiger partial charge in [-0.2, -0.15) is 0 Å². The maximum Gasteiger partial charge on any atom is 0.265 e. The first-order valence-corrected chi connectivity index (χ1v) is 7.48. The van der Waals surface area contributed by atoms with E-state index >= 15 is 0 Å². The van der Waals surface area contributed by atoms with Gasteiger partial charge in [-0.05, 0) is 53.7 Å². The minimum Gasteiger partial charge on any atom is -0.306 e. The van der Waals surface area contributed by atoms with Crippen LogP contribution in [0.4, 0.5) is 0 Å². The summed E-state index contributed by atoms with van der Waals surface area (Å²) in [6.07, 6.45) is 0. The summed E-state index contributed by atoms with van der Waals surface area (Å²) in [7, 11) is 0. The molecule has 0 amide bonds. The standard InChI is InChI=1S/C16H19BrN2O/c1-8(2)14-13(17)16(20)19-15(18-14)12-10(4)6-9(3)7-11(12)5/h6-8H,1-5H3,(H,18,19,20). The molecule has 0 atom stereocenters. The topological polar surface area (TPSA) is 45.8 Å². The molecule has 3 nitrogen and oxygen atoms in total. The van der Waals surface area contributed by atoms with Crippen LogP contribution in [0.25, 0.3) is 11.4 Å². The third kappa shape index (κ3) is 2.70. The monoisotopic (exact) mass is 334 g/mol. The van der Waals surface area contributed by atoms with E-state index in [4.69, 9.17) is 0 Å². The van der Waals surface area contributed by atoms with Crippen molar-refractivity contribution in [2.45, 2.75) is 40.5 Å². The van der Waals surface area contributed by atoms with E-state index in [1.165, 1.54) is 5.56 Å². The molecule has 0 fully saturated rings. The van der Waals surface area contributed by atoms with Crippen molar-refractivity contribution in [3.8, 4) is 11.4 Å². The van der Waals surface area contributed by atoms with Crippen LogP contribution in [0.3, 0.4) is 0 Å². The minimum absolute atomic E-state index is 0.127. The highest BCUT2D eigenvalue weighted by atomic mass is 79.9. The van der Waals surface area contributed by atoms with Crippen molar-refractivity contribution >= 4 is 15.9 Å². The number of nitrogens with zero attached hydrogens (tertiary/aromatic N) is 1. The molecule has 0 bridgehead atoms. The lowest BCUT2D eigenvalue weighted by Crippen LogP contribution is -2.15. The normalized spacial score (nSPS) is 11.2. The minimum atomic E-state index is -0.127. The van der Waals surface area contributed by atoms with Crippen molar-refractivity contribution in [3.05, 3.63) is 49.3 Å². The van der Waals surface area contributed by atoms with Gasteiger partial charge in [-0.25, -0.2) is 4.98 Å². The van der Waals surface area contributed by atoms with Crippen molar-refractivity contribution in [1.82, 2.24) is 9.97 Å². The summed E-state index contributed by atoms with van der Waals surface area (Å²) in [6, 6.07) is 4.22. The molecule has 1 aromatic carbocycles. The summed E-state index contributed by atoms with van der Waals surface area (Å²) in [5.41, 5.74) is 5.15. The molecular formula is C16H19BrN2O. The molecule has 4 heteroatoms. The van der Waals surface area contributed by atoms with Gasteiger partial charge in [0.1, 0.15) is 10.3 Å². The zero-order chi connectivity index (χ0) is 15.0. The maximum absolute atomic E-state index is 12.1. The summed E-state index contributed by atoms with van der Waals surface area (Å²) in [4.78, 5) is 19.6. The molecule has 106 valence electrons. The first-order valence-electron chi connectivity index (χ1n) is 6.69. The Morgan fingerprint density at radius 3 is 2.20 bits per heavy atom. The number of hydrogen-bond acceptors (Lipinski definition) is 2. The van der Waals surface area contributed by atoms with Gasteiger partial charge in [0.15, 0.2) is 0 Å². The van der Waals surface area contributed by atoms with Crippen molar-refractivity contribution in [3.63, 3.8) is 0 Å². The predicted octanol–water partition coefficient (Wildman–Crippen LogP) is 4.25. The zero-order valence-electron chi connectivity index (χ0n) is 12.5. The Balaban J connectivity index is 2.75. The van der Waals surface area contributed by atoms with Gasteiger partial charge in [0, 0.05) is 5.56 Å². The molecule has 1 N–H and O–H groups in total. The Kier molecular flexibility index (Phi) is 4.14.